The Kier molecular flexibility index (Phi) is 7.96. The number of ether oxygens (including phenoxy) is 2. The van der Waals surface area contributed by atoms with E-state index < -0.39 is 15.7 Å². The van der Waals surface area contributed by atoms with Crippen LogP contribution in [0.25, 0.3) is 10.3 Å². The van der Waals surface area contributed by atoms with Gasteiger partial charge in [0, 0.05) is 18.2 Å². The molecule has 0 unspecified atom stereocenters. The van der Waals surface area contributed by atoms with E-state index in [0.717, 1.165) is 19.6 Å². The number of nitrogens with one attached hydrogen (secondary N) is 1. The summed E-state index contributed by atoms with van der Waals surface area (Å²) in [6.45, 7) is 5.83. The number of fused-ring (bicyclic) bond motifs is 1. The summed E-state index contributed by atoms with van der Waals surface area (Å²) in [4.78, 5) is 25.9. The molecule has 212 valence electrons. The summed E-state index contributed by atoms with van der Waals surface area (Å²) in [5, 5.41) is 9.37. The lowest BCUT2D eigenvalue weighted by atomic mass is 10.1. The Morgan fingerprint density at radius 1 is 1.05 bits per heavy atom. The van der Waals surface area contributed by atoms with Crippen molar-refractivity contribution in [2.45, 2.75) is 35.8 Å². The number of carbonyl (C=O) groups is 1. The smallest absolute Gasteiger partial charge is 0.278 e. The van der Waals surface area contributed by atoms with Crippen LogP contribution >= 0.6 is 11.3 Å². The van der Waals surface area contributed by atoms with Gasteiger partial charge in [-0.25, -0.2) is 18.4 Å². The second-order valence-electron chi connectivity index (χ2n) is 10.1. The topological polar surface area (TPSA) is 126 Å². The van der Waals surface area contributed by atoms with E-state index in [9.17, 15) is 13.2 Å². The van der Waals surface area contributed by atoms with Crippen LogP contribution in [-0.4, -0.2) is 97.7 Å². The number of benzene rings is 1. The lowest BCUT2D eigenvalue weighted by molar-refractivity contribution is -0.110. The summed E-state index contributed by atoms with van der Waals surface area (Å²) < 4.78 is 36.6. The van der Waals surface area contributed by atoms with Gasteiger partial charge in [-0.15, -0.1) is 0 Å². The molecule has 1 saturated carbocycles. The highest BCUT2D eigenvalue weighted by molar-refractivity contribution is 7.92. The van der Waals surface area contributed by atoms with Crippen molar-refractivity contribution in [1.82, 2.24) is 19.9 Å². The Hall–Kier alpha value is -3.13. The maximum Gasteiger partial charge on any atom is 0.278 e. The fourth-order valence-electron chi connectivity index (χ4n) is 4.78. The molecular formula is C27H32N6O5S2. The molecule has 0 atom stereocenters. The van der Waals surface area contributed by atoms with Gasteiger partial charge in [0.25, 0.3) is 5.91 Å². The first-order chi connectivity index (χ1) is 19.5. The molecule has 2 aliphatic heterocycles. The first-order valence-corrected chi connectivity index (χ1v) is 16.0. The van der Waals surface area contributed by atoms with E-state index in [-0.39, 0.29) is 15.9 Å². The predicted molar refractivity (Wildman–Crippen MR) is 153 cm³/mol. The quantitative estimate of drug-likeness (QED) is 0.358. The zero-order chi connectivity index (χ0) is 27.5. The minimum atomic E-state index is -3.33. The minimum Gasteiger partial charge on any atom is -0.476 e. The third-order valence-corrected chi connectivity index (χ3v) is 10.3. The lowest BCUT2D eigenvalue weighted by Crippen LogP contribution is -2.35. The Morgan fingerprint density at radius 2 is 1.80 bits per heavy atom. The zero-order valence-corrected chi connectivity index (χ0v) is 23.8. The molecule has 0 bridgehead atoms. The largest absolute Gasteiger partial charge is 0.476 e. The average Bonchev–Trinajstić information content (AvgIpc) is 3.57. The Bertz CT molecular complexity index is 1490. The number of carbonyl (C=O) groups excluding carboxylic acids is 1. The summed E-state index contributed by atoms with van der Waals surface area (Å²) in [6, 6.07) is 10.0. The molecule has 1 aliphatic carbocycles. The first kappa shape index (κ1) is 27.1. The van der Waals surface area contributed by atoms with E-state index in [2.05, 4.69) is 25.3 Å². The van der Waals surface area contributed by atoms with Gasteiger partial charge in [-0.2, -0.15) is 5.10 Å². The number of aromatic nitrogens is 2. The van der Waals surface area contributed by atoms with Crippen LogP contribution in [-0.2, 0) is 19.4 Å². The number of hydrazone groups is 1. The van der Waals surface area contributed by atoms with Crippen LogP contribution in [0.3, 0.4) is 0 Å². The summed E-state index contributed by atoms with van der Waals surface area (Å²) in [5.41, 5.74) is 1.36. The van der Waals surface area contributed by atoms with E-state index in [4.69, 9.17) is 9.47 Å². The zero-order valence-electron chi connectivity index (χ0n) is 22.1. The Morgan fingerprint density at radius 3 is 2.52 bits per heavy atom. The number of rotatable bonds is 10. The molecule has 13 heteroatoms. The van der Waals surface area contributed by atoms with Crippen molar-refractivity contribution in [2.24, 2.45) is 5.10 Å². The molecule has 6 rings (SSSR count). The van der Waals surface area contributed by atoms with Crippen LogP contribution in [0.4, 0.5) is 5.13 Å². The monoisotopic (exact) mass is 584 g/mol. The number of anilines is 1. The molecule has 40 heavy (non-hydrogen) atoms. The third-order valence-electron chi connectivity index (χ3n) is 7.17. The highest BCUT2D eigenvalue weighted by atomic mass is 32.2. The summed E-state index contributed by atoms with van der Waals surface area (Å²) in [7, 11) is -3.33. The number of hydrogen-bond donors (Lipinski definition) is 1. The molecular weight excluding hydrogens is 552 g/mol. The van der Waals surface area contributed by atoms with Gasteiger partial charge >= 0.3 is 0 Å². The van der Waals surface area contributed by atoms with Crippen molar-refractivity contribution in [3.63, 3.8) is 0 Å². The molecule has 0 radical (unpaired) electrons. The minimum absolute atomic E-state index is 0.176. The van der Waals surface area contributed by atoms with E-state index in [1.807, 2.05) is 6.07 Å². The molecule has 4 heterocycles. The summed E-state index contributed by atoms with van der Waals surface area (Å²) in [6.07, 6.45) is 3.87. The number of thiazole rings is 1. The standard InChI is InChI=1S/C27H32N6O5S2/c34-25(30-27-28-22-9-10-23(29-26(22)39-27)38-18-13-32-11-1-2-12-32)24(31-33-14-16-37-17-15-33)19-3-5-20(6-4-19)40(35,36)21-7-8-21/h3-6,9-10,21H,1-2,7-8,11-18H2,(H,28,30,34). The highest BCUT2D eigenvalue weighted by Crippen LogP contribution is 2.33. The normalized spacial score (nSPS) is 18.8. The van der Waals surface area contributed by atoms with Crippen molar-refractivity contribution in [3.05, 3.63) is 42.0 Å². The van der Waals surface area contributed by atoms with Crippen molar-refractivity contribution >= 4 is 48.3 Å². The fourth-order valence-corrected chi connectivity index (χ4v) is 7.26. The molecule has 0 spiro atoms. The summed E-state index contributed by atoms with van der Waals surface area (Å²) >= 11 is 1.26. The molecule has 1 amide bonds. The molecule has 3 aromatic rings. The SMILES string of the molecule is O=C(Nc1nc2ccc(OCCN3CCCC3)nc2s1)C(=NN1CCOCC1)c1ccc(S(=O)(=O)C2CC2)cc1. The van der Waals surface area contributed by atoms with E-state index in [1.54, 1.807) is 35.3 Å². The second kappa shape index (κ2) is 11.8. The van der Waals surface area contributed by atoms with E-state index >= 15 is 0 Å². The van der Waals surface area contributed by atoms with Crippen LogP contribution in [0.15, 0.2) is 46.4 Å². The van der Waals surface area contributed by atoms with Gasteiger partial charge in [-0.3, -0.25) is 20.0 Å². The molecule has 3 aliphatic rings. The molecule has 3 fully saturated rings. The lowest BCUT2D eigenvalue weighted by Gasteiger charge is -2.24. The number of morpholine rings is 1. The van der Waals surface area contributed by atoms with E-state index in [0.29, 0.717) is 72.7 Å². The average molecular weight is 585 g/mol. The van der Waals surface area contributed by atoms with Gasteiger partial charge in [0.1, 0.15) is 17.0 Å². The Balaban J connectivity index is 1.18. The van der Waals surface area contributed by atoms with Crippen molar-refractivity contribution < 1.29 is 22.7 Å². The number of amides is 1. The third kappa shape index (κ3) is 6.27. The maximum atomic E-state index is 13.5. The number of likely N-dealkylation sites (tertiary alicyclic amines) is 1. The van der Waals surface area contributed by atoms with E-state index in [1.165, 1.54) is 24.2 Å². The van der Waals surface area contributed by atoms with Gasteiger partial charge in [0.05, 0.1) is 36.4 Å². The number of sulfone groups is 1. The van der Waals surface area contributed by atoms with Crippen LogP contribution in [0.2, 0.25) is 0 Å². The molecule has 2 saturated heterocycles. The molecule has 11 nitrogen and oxygen atoms in total. The molecule has 2 aromatic heterocycles. The predicted octanol–water partition coefficient (Wildman–Crippen LogP) is 2.78. The number of pyridine rings is 1. The van der Waals surface area contributed by atoms with Gasteiger partial charge in [-0.1, -0.05) is 23.5 Å². The van der Waals surface area contributed by atoms with Gasteiger partial charge in [0.15, 0.2) is 20.7 Å². The van der Waals surface area contributed by atoms with Gasteiger partial charge in [0.2, 0.25) is 5.88 Å². The maximum absolute atomic E-state index is 13.5. The van der Waals surface area contributed by atoms with Crippen LogP contribution in [0.1, 0.15) is 31.2 Å². The first-order valence-electron chi connectivity index (χ1n) is 13.7. The number of nitrogens with zero attached hydrogens (tertiary/aromatic N) is 5. The fraction of sp³-hybridized carbons (Fsp3) is 0.481. The van der Waals surface area contributed by atoms with Crippen molar-refractivity contribution in [1.29, 1.82) is 0 Å². The second-order valence-corrected chi connectivity index (χ2v) is 13.3. The Labute approximate surface area is 237 Å². The summed E-state index contributed by atoms with van der Waals surface area (Å²) in [5.74, 6) is 0.0921. The van der Waals surface area contributed by atoms with Crippen LogP contribution in [0, 0.1) is 0 Å². The van der Waals surface area contributed by atoms with Crippen LogP contribution < -0.4 is 10.1 Å². The molecule has 1 aromatic carbocycles. The van der Waals surface area contributed by atoms with Gasteiger partial charge in [-0.05, 0) is 57.0 Å². The van der Waals surface area contributed by atoms with Gasteiger partial charge < -0.3 is 9.47 Å². The highest BCUT2D eigenvalue weighted by Gasteiger charge is 2.36. The number of hydrogen-bond acceptors (Lipinski definition) is 11. The van der Waals surface area contributed by atoms with Crippen LogP contribution in [0.5, 0.6) is 5.88 Å². The van der Waals surface area contributed by atoms with Crippen molar-refractivity contribution in [2.75, 3.05) is 57.9 Å². The molecule has 1 N–H and O–H groups in total. The van der Waals surface area contributed by atoms with Crippen molar-refractivity contribution in [3.8, 4) is 5.88 Å².